The molecule has 0 bridgehead atoms. The normalized spacial score (nSPS) is 24.4. The Hall–Kier alpha value is -4.73. The predicted molar refractivity (Wildman–Crippen MR) is 156 cm³/mol. The first-order chi connectivity index (χ1) is 22.8. The van der Waals surface area contributed by atoms with Gasteiger partial charge in [0.15, 0.2) is 6.10 Å². The Morgan fingerprint density at radius 1 is 1.12 bits per heavy atom. The zero-order chi connectivity index (χ0) is 35.5. The molecule has 2 saturated heterocycles. The molecule has 20 heteroatoms. The van der Waals surface area contributed by atoms with Crippen molar-refractivity contribution in [2.24, 2.45) is 11.7 Å². The van der Waals surface area contributed by atoms with Crippen molar-refractivity contribution < 1.29 is 72.9 Å². The van der Waals surface area contributed by atoms with Gasteiger partial charge in [-0.05, 0) is 17.7 Å². The van der Waals surface area contributed by atoms with Crippen LogP contribution >= 0.6 is 0 Å². The molecule has 7 atom stereocenters. The van der Waals surface area contributed by atoms with Crippen LogP contribution in [0.2, 0.25) is 0 Å². The van der Waals surface area contributed by atoms with E-state index in [1.54, 1.807) is 6.92 Å². The van der Waals surface area contributed by atoms with Crippen LogP contribution in [0.15, 0.2) is 18.2 Å². The number of carbonyl (C=O) groups is 7. The molecule has 5 amide bonds. The number of ether oxygens (including phenoxy) is 4. The molecule has 9 N–H and O–H groups in total. The Kier molecular flexibility index (Phi) is 13.7. The summed E-state index contributed by atoms with van der Waals surface area (Å²) >= 11 is 0. The standard InChI is InChI=1S/C28H37N5O15/c1-13-8-19(36)33(25(13)41)16(10-29)24(40)30-5-4-18(35)32-15-9-14(11-46-28(44)31-12-45-7-6-34)2-3-17(15)47-27-22(39)20(37)21(38)23(48-27)26(42)43/h2-3,6,9,13,16,20-23,27,37-39H,4-5,7-8,10-12,29H2,1H3,(H,30,40)(H,31,44)(H,32,35)(H,42,43)/t13?,16-,20-,21-,22+,23-,27+/m0/s1. The smallest absolute Gasteiger partial charge is 0.409 e. The number of carboxylic acids is 1. The lowest BCUT2D eigenvalue weighted by atomic mass is 9.99. The van der Waals surface area contributed by atoms with E-state index < -0.39 is 78.4 Å². The lowest BCUT2D eigenvalue weighted by Gasteiger charge is -2.38. The van der Waals surface area contributed by atoms with Crippen LogP contribution in [0.4, 0.5) is 10.5 Å². The summed E-state index contributed by atoms with van der Waals surface area (Å²) in [4.78, 5) is 84.7. The van der Waals surface area contributed by atoms with E-state index in [-0.39, 0.29) is 57.3 Å². The summed E-state index contributed by atoms with van der Waals surface area (Å²) < 4.78 is 20.6. The minimum absolute atomic E-state index is 0.0561. The van der Waals surface area contributed by atoms with Crippen molar-refractivity contribution in [3.8, 4) is 5.75 Å². The van der Waals surface area contributed by atoms with Gasteiger partial charge in [0.25, 0.3) is 0 Å². The number of hydrogen-bond donors (Lipinski definition) is 8. The first kappa shape index (κ1) is 37.7. The van der Waals surface area contributed by atoms with Crippen LogP contribution in [0, 0.1) is 5.92 Å². The van der Waals surface area contributed by atoms with Crippen molar-refractivity contribution in [2.45, 2.75) is 63.1 Å². The Morgan fingerprint density at radius 3 is 2.48 bits per heavy atom. The molecule has 1 aromatic rings. The minimum atomic E-state index is -1.98. The summed E-state index contributed by atoms with van der Waals surface area (Å²) in [5.74, 6) is -4.99. The Labute approximate surface area is 272 Å². The van der Waals surface area contributed by atoms with E-state index >= 15 is 0 Å². The number of aldehydes is 1. The predicted octanol–water partition coefficient (Wildman–Crippen LogP) is -3.48. The number of hydrogen-bond acceptors (Lipinski definition) is 15. The van der Waals surface area contributed by atoms with Gasteiger partial charge in [0.05, 0.1) is 5.69 Å². The molecular weight excluding hydrogens is 646 g/mol. The number of carbonyl (C=O) groups excluding carboxylic acids is 6. The highest BCUT2D eigenvalue weighted by molar-refractivity contribution is 6.07. The zero-order valence-corrected chi connectivity index (χ0v) is 25.6. The van der Waals surface area contributed by atoms with Crippen molar-refractivity contribution in [3.63, 3.8) is 0 Å². The van der Waals surface area contributed by atoms with Gasteiger partial charge >= 0.3 is 12.1 Å². The molecule has 3 rings (SSSR count). The van der Waals surface area contributed by atoms with E-state index in [9.17, 15) is 54.0 Å². The molecule has 0 spiro atoms. The Balaban J connectivity index is 1.71. The largest absolute Gasteiger partial charge is 0.479 e. The third-order valence-electron chi connectivity index (χ3n) is 7.15. The van der Waals surface area contributed by atoms with Gasteiger partial charge in [0.1, 0.15) is 56.3 Å². The van der Waals surface area contributed by atoms with E-state index in [4.69, 9.17) is 24.7 Å². The van der Waals surface area contributed by atoms with Gasteiger partial charge in [-0.15, -0.1) is 0 Å². The number of nitrogens with zero attached hydrogens (tertiary/aromatic N) is 1. The molecule has 264 valence electrons. The van der Waals surface area contributed by atoms with Gasteiger partial charge in [-0.2, -0.15) is 0 Å². The van der Waals surface area contributed by atoms with Gasteiger partial charge in [0.2, 0.25) is 29.9 Å². The second kappa shape index (κ2) is 17.4. The fourth-order valence-electron chi connectivity index (χ4n) is 4.65. The van der Waals surface area contributed by atoms with Crippen LogP contribution in [0.5, 0.6) is 5.75 Å². The number of aliphatic hydroxyl groups excluding tert-OH is 3. The van der Waals surface area contributed by atoms with E-state index in [2.05, 4.69) is 16.0 Å². The van der Waals surface area contributed by atoms with Crippen molar-refractivity contribution in [1.29, 1.82) is 0 Å². The van der Waals surface area contributed by atoms with Gasteiger partial charge in [-0.3, -0.25) is 29.4 Å². The van der Waals surface area contributed by atoms with Gasteiger partial charge in [0, 0.05) is 31.8 Å². The lowest BCUT2D eigenvalue weighted by Crippen LogP contribution is -2.61. The second-order valence-electron chi connectivity index (χ2n) is 10.7. The first-order valence-electron chi connectivity index (χ1n) is 14.6. The number of amides is 5. The molecule has 0 aromatic heterocycles. The van der Waals surface area contributed by atoms with E-state index in [0.717, 1.165) is 4.90 Å². The van der Waals surface area contributed by atoms with Crippen LogP contribution < -0.4 is 26.4 Å². The molecule has 2 aliphatic rings. The molecule has 20 nitrogen and oxygen atoms in total. The molecule has 0 radical (unpaired) electrons. The molecule has 2 aliphatic heterocycles. The van der Waals surface area contributed by atoms with Crippen LogP contribution in [0.1, 0.15) is 25.3 Å². The number of anilines is 1. The SMILES string of the molecule is CC1CC(=O)N([C@@H](CN)C(=O)NCCC(=O)Nc2cc(COC(=O)NCOCC=O)ccc2O[C@@H]2O[C@H](C(=O)O)[C@@H](O)[C@H](O)[C@H]2O)C1=O. The number of nitrogens with one attached hydrogen (secondary N) is 3. The fourth-order valence-corrected chi connectivity index (χ4v) is 4.65. The highest BCUT2D eigenvalue weighted by Crippen LogP contribution is 2.31. The molecule has 48 heavy (non-hydrogen) atoms. The number of aliphatic carboxylic acids is 1. The van der Waals surface area contributed by atoms with E-state index in [1.165, 1.54) is 18.2 Å². The highest BCUT2D eigenvalue weighted by atomic mass is 16.7. The van der Waals surface area contributed by atoms with Crippen LogP contribution in [0.25, 0.3) is 0 Å². The van der Waals surface area contributed by atoms with Crippen molar-refractivity contribution in [1.82, 2.24) is 15.5 Å². The van der Waals surface area contributed by atoms with Gasteiger partial charge in [-0.25, -0.2) is 9.59 Å². The number of likely N-dealkylation sites (tertiary alicyclic amines) is 1. The summed E-state index contributed by atoms with van der Waals surface area (Å²) in [6, 6.07) is 2.66. The summed E-state index contributed by atoms with van der Waals surface area (Å²) in [5.41, 5.74) is 5.84. The Morgan fingerprint density at radius 2 is 1.85 bits per heavy atom. The van der Waals surface area contributed by atoms with Gasteiger partial charge in [-0.1, -0.05) is 13.0 Å². The minimum Gasteiger partial charge on any atom is -0.479 e. The monoisotopic (exact) mass is 683 g/mol. The second-order valence-corrected chi connectivity index (χ2v) is 10.7. The number of benzene rings is 1. The molecule has 1 unspecified atom stereocenters. The van der Waals surface area contributed by atoms with Crippen molar-refractivity contribution in [3.05, 3.63) is 23.8 Å². The average Bonchev–Trinajstić information content (AvgIpc) is 3.29. The lowest BCUT2D eigenvalue weighted by molar-refractivity contribution is -0.271. The quantitative estimate of drug-likeness (QED) is 0.0363. The summed E-state index contributed by atoms with van der Waals surface area (Å²) in [5, 5.41) is 47.0. The molecule has 2 fully saturated rings. The summed E-state index contributed by atoms with van der Waals surface area (Å²) in [6.45, 7) is 0.0495. The number of alkyl carbamates (subject to hydrolysis) is 1. The average molecular weight is 684 g/mol. The van der Waals surface area contributed by atoms with E-state index in [0.29, 0.717) is 11.8 Å². The number of carboxylic acid groups (broad SMARTS) is 1. The van der Waals surface area contributed by atoms with Crippen molar-refractivity contribution in [2.75, 3.05) is 31.7 Å². The number of aliphatic hydroxyl groups is 3. The summed E-state index contributed by atoms with van der Waals surface area (Å²) in [6.07, 6.45) is -10.5. The fraction of sp³-hybridized carbons (Fsp3) is 0.536. The maximum absolute atomic E-state index is 12.9. The third-order valence-corrected chi connectivity index (χ3v) is 7.15. The topological polar surface area (TPSA) is 303 Å². The third kappa shape index (κ3) is 9.65. The number of imide groups is 1. The van der Waals surface area contributed by atoms with Crippen LogP contribution in [-0.4, -0.2) is 130 Å². The molecule has 0 saturated carbocycles. The number of rotatable bonds is 16. The summed E-state index contributed by atoms with van der Waals surface area (Å²) in [7, 11) is 0. The van der Waals surface area contributed by atoms with Crippen LogP contribution in [0.3, 0.4) is 0 Å². The number of nitrogens with two attached hydrogens (primary N) is 1. The van der Waals surface area contributed by atoms with Crippen LogP contribution in [-0.2, 0) is 49.6 Å². The van der Waals surface area contributed by atoms with Gasteiger partial charge < -0.3 is 60.5 Å². The Bertz CT molecular complexity index is 1380. The maximum atomic E-state index is 12.9. The zero-order valence-electron chi connectivity index (χ0n) is 25.6. The molecular formula is C28H37N5O15. The van der Waals surface area contributed by atoms with Crippen molar-refractivity contribution >= 4 is 47.7 Å². The highest BCUT2D eigenvalue weighted by Gasteiger charge is 2.48. The molecule has 0 aliphatic carbocycles. The first-order valence-corrected chi connectivity index (χ1v) is 14.6. The van der Waals surface area contributed by atoms with E-state index in [1.807, 2.05) is 0 Å². The molecule has 2 heterocycles. The maximum Gasteiger partial charge on any atom is 0.409 e. The molecule has 1 aromatic carbocycles.